The van der Waals surface area contributed by atoms with Crippen LogP contribution >= 0.6 is 0 Å². The summed E-state index contributed by atoms with van der Waals surface area (Å²) >= 11 is 0. The molecular weight excluding hydrogens is 402 g/mol. The van der Waals surface area contributed by atoms with Crippen LogP contribution in [-0.4, -0.2) is 45.1 Å². The van der Waals surface area contributed by atoms with E-state index in [-0.39, 0.29) is 17.2 Å². The van der Waals surface area contributed by atoms with Crippen molar-refractivity contribution in [2.45, 2.75) is 38.3 Å². The number of benzene rings is 1. The molecule has 7 heteroatoms. The summed E-state index contributed by atoms with van der Waals surface area (Å²) in [6.07, 6.45) is 10.9. The first-order valence-corrected chi connectivity index (χ1v) is 11.1. The zero-order valence-electron chi connectivity index (χ0n) is 18.1. The smallest absolute Gasteiger partial charge is 0.224 e. The predicted octanol–water partition coefficient (Wildman–Crippen LogP) is 2.78. The van der Waals surface area contributed by atoms with Gasteiger partial charge in [-0.15, -0.1) is 6.42 Å². The van der Waals surface area contributed by atoms with E-state index in [4.69, 9.17) is 6.42 Å². The van der Waals surface area contributed by atoms with Gasteiger partial charge in [-0.1, -0.05) is 18.1 Å². The maximum absolute atomic E-state index is 13.2. The van der Waals surface area contributed by atoms with E-state index < -0.39 is 12.1 Å². The van der Waals surface area contributed by atoms with Crippen molar-refractivity contribution in [2.75, 3.05) is 18.0 Å². The lowest BCUT2D eigenvalue weighted by molar-refractivity contribution is -0.129. The molecule has 5 rings (SSSR count). The predicted molar refractivity (Wildman–Crippen MR) is 123 cm³/mol. The summed E-state index contributed by atoms with van der Waals surface area (Å²) in [6.45, 7) is 3.42. The molecule has 7 nitrogen and oxygen atoms in total. The van der Waals surface area contributed by atoms with E-state index in [2.05, 4.69) is 31.1 Å². The number of aliphatic hydroxyl groups excluding tert-OH is 1. The van der Waals surface area contributed by atoms with Crippen LogP contribution in [0.15, 0.2) is 42.9 Å². The molecule has 1 aromatic carbocycles. The Bertz CT molecular complexity index is 1180. The maximum Gasteiger partial charge on any atom is 0.224 e. The molecule has 1 aliphatic heterocycles. The molecule has 1 saturated carbocycles. The number of nitrogens with zero attached hydrogens (tertiary/aromatic N) is 3. The van der Waals surface area contributed by atoms with Gasteiger partial charge < -0.3 is 20.3 Å². The number of aromatic amines is 1. The number of aliphatic hydroxyl groups is 1. The first-order chi connectivity index (χ1) is 15.5. The number of carbonyl (C=O) groups excluding carboxylic acids is 1. The molecular formula is C25H27N5O2. The fraction of sp³-hybridized carbons (Fsp3) is 0.400. The highest BCUT2D eigenvalue weighted by Gasteiger charge is 2.55. The molecule has 164 valence electrons. The second kappa shape index (κ2) is 7.95. The van der Waals surface area contributed by atoms with E-state index >= 15 is 0 Å². The van der Waals surface area contributed by atoms with Gasteiger partial charge in [0.15, 0.2) is 0 Å². The first kappa shape index (κ1) is 20.5. The number of rotatable bonds is 5. The van der Waals surface area contributed by atoms with Crippen LogP contribution in [0.5, 0.6) is 0 Å². The van der Waals surface area contributed by atoms with Crippen LogP contribution < -0.4 is 10.2 Å². The van der Waals surface area contributed by atoms with Gasteiger partial charge in [0.05, 0.1) is 17.5 Å². The molecule has 1 aliphatic carbocycles. The van der Waals surface area contributed by atoms with E-state index in [9.17, 15) is 9.90 Å². The third-order valence-corrected chi connectivity index (χ3v) is 7.04. The third-order valence-electron chi connectivity index (χ3n) is 7.04. The summed E-state index contributed by atoms with van der Waals surface area (Å²) in [4.78, 5) is 27.5. The van der Waals surface area contributed by atoms with Gasteiger partial charge in [-0.2, -0.15) is 0 Å². The van der Waals surface area contributed by atoms with Crippen LogP contribution in [0.2, 0.25) is 0 Å². The Morgan fingerprint density at radius 2 is 2.09 bits per heavy atom. The number of hydrogen-bond donors (Lipinski definition) is 3. The molecule has 3 atom stereocenters. The normalized spacial score (nSPS) is 21.2. The first-order valence-electron chi connectivity index (χ1n) is 11.1. The van der Waals surface area contributed by atoms with Gasteiger partial charge in [0.25, 0.3) is 0 Å². The van der Waals surface area contributed by atoms with Gasteiger partial charge in [-0.05, 0) is 55.4 Å². The number of terminal acetylenes is 1. The van der Waals surface area contributed by atoms with Crippen LogP contribution in [0.25, 0.3) is 11.0 Å². The molecule has 1 spiro atoms. The number of carbonyl (C=O) groups is 1. The third kappa shape index (κ3) is 3.61. The molecule has 3 heterocycles. The summed E-state index contributed by atoms with van der Waals surface area (Å²) < 4.78 is 0. The van der Waals surface area contributed by atoms with Crippen molar-refractivity contribution < 1.29 is 9.90 Å². The van der Waals surface area contributed by atoms with Crippen molar-refractivity contribution >= 4 is 22.8 Å². The molecule has 2 aromatic heterocycles. The number of aromatic nitrogens is 3. The largest absolute Gasteiger partial charge is 0.386 e. The van der Waals surface area contributed by atoms with Gasteiger partial charge in [0.1, 0.15) is 17.8 Å². The van der Waals surface area contributed by atoms with Gasteiger partial charge in [0.2, 0.25) is 5.91 Å². The Hall–Kier alpha value is -3.37. The quantitative estimate of drug-likeness (QED) is 0.542. The second-order valence-corrected chi connectivity index (χ2v) is 9.07. The minimum absolute atomic E-state index is 0.0188. The minimum Gasteiger partial charge on any atom is -0.386 e. The molecule has 0 radical (unpaired) electrons. The number of H-pyrrole nitrogens is 1. The molecule has 1 amide bonds. The fourth-order valence-corrected chi connectivity index (χ4v) is 5.00. The standard InChI is InChI=1S/C25H27N5O2/c1-3-17-4-6-18(7-5-17)21(31)16(2)29-24(32)20-9-13-30(14-25(20)10-11-25)23-19-8-12-26-22(19)27-15-28-23/h1,4-8,12,15-16,20-21,31H,9-11,13-14H2,2H3,(H,29,32)(H,26,27,28)/t16-,20-,21?/m1/s1. The van der Waals surface area contributed by atoms with E-state index in [1.807, 2.05) is 31.3 Å². The molecule has 1 unspecified atom stereocenters. The molecule has 3 N–H and O–H groups in total. The monoisotopic (exact) mass is 429 g/mol. The van der Waals surface area contributed by atoms with Crippen LogP contribution in [0.4, 0.5) is 5.82 Å². The summed E-state index contributed by atoms with van der Waals surface area (Å²) in [6, 6.07) is 8.84. The van der Waals surface area contributed by atoms with E-state index in [1.165, 1.54) is 0 Å². The average Bonchev–Trinajstić information content (AvgIpc) is 3.39. The van der Waals surface area contributed by atoms with E-state index in [1.54, 1.807) is 18.5 Å². The lowest BCUT2D eigenvalue weighted by Crippen LogP contribution is -2.50. The molecule has 3 aromatic rings. The Balaban J connectivity index is 1.26. The van der Waals surface area contributed by atoms with E-state index in [0.717, 1.165) is 60.3 Å². The van der Waals surface area contributed by atoms with Crippen molar-refractivity contribution in [1.29, 1.82) is 0 Å². The SMILES string of the molecule is C#Cc1ccc(C(O)[C@@H](C)NC(=O)[C@H]2CCN(c3ncnc4[nH]ccc34)CC23CC3)cc1. The number of piperidine rings is 1. The summed E-state index contributed by atoms with van der Waals surface area (Å²) in [5.41, 5.74) is 2.32. The molecule has 2 aliphatic rings. The Kier molecular flexibility index (Phi) is 5.10. The number of hydrogen-bond acceptors (Lipinski definition) is 5. The Morgan fingerprint density at radius 3 is 2.81 bits per heavy atom. The van der Waals surface area contributed by atoms with Crippen molar-refractivity contribution in [1.82, 2.24) is 20.3 Å². The van der Waals surface area contributed by atoms with Crippen LogP contribution in [-0.2, 0) is 4.79 Å². The molecule has 1 saturated heterocycles. The lowest BCUT2D eigenvalue weighted by atomic mass is 9.81. The zero-order valence-corrected chi connectivity index (χ0v) is 18.1. The lowest BCUT2D eigenvalue weighted by Gasteiger charge is -2.39. The van der Waals surface area contributed by atoms with Crippen molar-refractivity contribution in [3.05, 3.63) is 54.0 Å². The van der Waals surface area contributed by atoms with Gasteiger partial charge in [-0.25, -0.2) is 9.97 Å². The molecule has 0 bridgehead atoms. The minimum atomic E-state index is -0.788. The Labute approximate surface area is 187 Å². The average molecular weight is 430 g/mol. The highest BCUT2D eigenvalue weighted by Crippen LogP contribution is 2.56. The zero-order chi connectivity index (χ0) is 22.3. The van der Waals surface area contributed by atoms with E-state index in [0.29, 0.717) is 0 Å². The number of nitrogens with one attached hydrogen (secondary N) is 2. The van der Waals surface area contributed by atoms with Crippen molar-refractivity contribution in [2.24, 2.45) is 11.3 Å². The van der Waals surface area contributed by atoms with Gasteiger partial charge in [-0.3, -0.25) is 4.79 Å². The second-order valence-electron chi connectivity index (χ2n) is 9.07. The summed E-state index contributed by atoms with van der Waals surface area (Å²) in [7, 11) is 0. The molecule has 2 fully saturated rings. The van der Waals surface area contributed by atoms with Gasteiger partial charge >= 0.3 is 0 Å². The summed E-state index contributed by atoms with van der Waals surface area (Å²) in [5, 5.41) is 14.8. The fourth-order valence-electron chi connectivity index (χ4n) is 5.00. The van der Waals surface area contributed by atoms with Crippen molar-refractivity contribution in [3.8, 4) is 12.3 Å². The number of fused-ring (bicyclic) bond motifs is 1. The highest BCUT2D eigenvalue weighted by molar-refractivity contribution is 5.87. The number of amides is 1. The Morgan fingerprint density at radius 1 is 1.31 bits per heavy atom. The van der Waals surface area contributed by atoms with Crippen molar-refractivity contribution in [3.63, 3.8) is 0 Å². The highest BCUT2D eigenvalue weighted by atomic mass is 16.3. The topological polar surface area (TPSA) is 94.1 Å². The van der Waals surface area contributed by atoms with Gasteiger partial charge in [0, 0.05) is 30.8 Å². The summed E-state index contributed by atoms with van der Waals surface area (Å²) in [5.74, 6) is 3.48. The maximum atomic E-state index is 13.2. The van der Waals surface area contributed by atoms with Crippen LogP contribution in [0.1, 0.15) is 43.4 Å². The molecule has 32 heavy (non-hydrogen) atoms. The number of anilines is 1. The van der Waals surface area contributed by atoms with Crippen LogP contribution in [0.3, 0.4) is 0 Å². The van der Waals surface area contributed by atoms with Crippen LogP contribution in [0, 0.1) is 23.7 Å².